The minimum atomic E-state index is -1.76. The molecule has 2 amide bonds. The molecule has 0 spiro atoms. The summed E-state index contributed by atoms with van der Waals surface area (Å²) in [6.45, 7) is 1.70. The summed E-state index contributed by atoms with van der Waals surface area (Å²) in [6, 6.07) is 2.13. The summed E-state index contributed by atoms with van der Waals surface area (Å²) in [5.41, 5.74) is 8.13. The smallest absolute Gasteiger partial charge is 0.347 e. The zero-order valence-corrected chi connectivity index (χ0v) is 20.4. The monoisotopic (exact) mass is 536 g/mol. The quantitative estimate of drug-likeness (QED) is 0.0825. The standard InChI is InChI=1S/C20H21N7O7S2/c1-10(18(30)31)34-24-14(20(21)22-9-36-25-20)15(28)23-13-16(29)27-7-11(8-35-17(13)27)6-26-4-2-12(3-5-26)19(32)33/h2-5,7,9-10,13,17,25H,6,8,21H2,1H3,(H2-,23,28,30,31,32,33)/p+1/t10?,13?,17-,20?/m1/s1. The number of aromatic nitrogens is 1. The van der Waals surface area contributed by atoms with Gasteiger partial charge in [-0.15, -0.1) is 11.8 Å². The Morgan fingerprint density at radius 3 is 2.75 bits per heavy atom. The lowest BCUT2D eigenvalue weighted by Gasteiger charge is -2.47. The Balaban J connectivity index is 1.42. The van der Waals surface area contributed by atoms with Gasteiger partial charge in [-0.2, -0.15) is 0 Å². The van der Waals surface area contributed by atoms with Gasteiger partial charge < -0.3 is 25.3 Å². The molecule has 0 saturated carbocycles. The Labute approximate surface area is 212 Å². The third kappa shape index (κ3) is 5.20. The van der Waals surface area contributed by atoms with Crippen LogP contribution >= 0.6 is 23.7 Å². The molecule has 1 saturated heterocycles. The topological polar surface area (TPSA) is 200 Å². The van der Waals surface area contributed by atoms with Crippen LogP contribution in [0.1, 0.15) is 17.3 Å². The number of nitrogens with two attached hydrogens (primary N) is 1. The lowest BCUT2D eigenvalue weighted by molar-refractivity contribution is -0.689. The number of carbonyl (C=O) groups excluding carboxylic acids is 2. The first-order chi connectivity index (χ1) is 17.1. The molecule has 190 valence electrons. The molecule has 36 heavy (non-hydrogen) atoms. The fourth-order valence-electron chi connectivity index (χ4n) is 3.42. The number of β-lactam (4-membered cyclic amide) rings is 1. The minimum Gasteiger partial charge on any atom is -0.478 e. The maximum Gasteiger partial charge on any atom is 0.347 e. The summed E-state index contributed by atoms with van der Waals surface area (Å²) in [5, 5.41) is 23.9. The van der Waals surface area contributed by atoms with Crippen LogP contribution in [0.15, 0.2) is 46.4 Å². The Morgan fingerprint density at radius 2 is 2.14 bits per heavy atom. The lowest BCUT2D eigenvalue weighted by Crippen LogP contribution is -2.70. The Hall–Kier alpha value is -3.47. The highest BCUT2D eigenvalue weighted by Gasteiger charge is 2.51. The molecule has 1 fully saturated rings. The van der Waals surface area contributed by atoms with E-state index in [4.69, 9.17) is 20.8 Å². The number of hydrogen-bond donors (Lipinski definition) is 5. The molecule has 3 aliphatic rings. The summed E-state index contributed by atoms with van der Waals surface area (Å²) >= 11 is 2.46. The number of nitrogens with one attached hydrogen (secondary N) is 2. The highest BCUT2D eigenvalue weighted by atomic mass is 32.2. The lowest BCUT2D eigenvalue weighted by atomic mass is 10.1. The van der Waals surface area contributed by atoms with Crippen LogP contribution in [-0.2, 0) is 25.8 Å². The molecule has 0 bridgehead atoms. The predicted molar refractivity (Wildman–Crippen MR) is 128 cm³/mol. The van der Waals surface area contributed by atoms with Gasteiger partial charge in [-0.25, -0.2) is 23.9 Å². The SMILES string of the molecule is CC(ON=C(C(=O)NC1C(=O)N2C=C(C[n+]3ccc(C(=O)O)cc3)CS[C@H]12)C1(N)N=CSN1)C(=O)O. The van der Waals surface area contributed by atoms with Crippen molar-refractivity contribution in [3.63, 3.8) is 0 Å². The average Bonchev–Trinajstić information content (AvgIpc) is 3.29. The molecule has 1 aromatic rings. The van der Waals surface area contributed by atoms with Gasteiger partial charge in [0.05, 0.1) is 11.1 Å². The van der Waals surface area contributed by atoms with E-state index < -0.39 is 41.5 Å². The molecule has 4 atom stereocenters. The normalized spacial score (nSPS) is 25.9. The number of hydrogen-bond acceptors (Lipinski definition) is 11. The van der Waals surface area contributed by atoms with Crippen molar-refractivity contribution in [2.45, 2.75) is 36.8 Å². The number of aliphatic carboxylic acids is 1. The summed E-state index contributed by atoms with van der Waals surface area (Å²) in [7, 11) is 0. The first-order valence-corrected chi connectivity index (χ1v) is 12.4. The van der Waals surface area contributed by atoms with E-state index in [1.165, 1.54) is 41.3 Å². The number of fused-ring (bicyclic) bond motifs is 1. The van der Waals surface area contributed by atoms with Gasteiger partial charge in [0.2, 0.25) is 17.6 Å². The van der Waals surface area contributed by atoms with Crippen LogP contribution in [0.2, 0.25) is 0 Å². The van der Waals surface area contributed by atoms with Crippen LogP contribution < -0.4 is 20.3 Å². The second-order valence-electron chi connectivity index (χ2n) is 8.00. The van der Waals surface area contributed by atoms with E-state index in [9.17, 15) is 19.2 Å². The average molecular weight is 537 g/mol. The van der Waals surface area contributed by atoms with E-state index in [1.54, 1.807) is 23.2 Å². The molecule has 16 heteroatoms. The number of amides is 2. The Morgan fingerprint density at radius 1 is 1.42 bits per heavy atom. The van der Waals surface area contributed by atoms with Crippen molar-refractivity contribution in [1.82, 2.24) is 14.9 Å². The van der Waals surface area contributed by atoms with Gasteiger partial charge in [-0.1, -0.05) is 5.16 Å². The van der Waals surface area contributed by atoms with E-state index in [0.29, 0.717) is 12.3 Å². The molecule has 0 radical (unpaired) electrons. The molecule has 4 rings (SSSR count). The number of aliphatic imine (C=N–C) groups is 1. The summed E-state index contributed by atoms with van der Waals surface area (Å²) in [4.78, 5) is 58.2. The molecule has 3 unspecified atom stereocenters. The fourth-order valence-corrected chi connectivity index (χ4v) is 5.27. The molecule has 14 nitrogen and oxygen atoms in total. The van der Waals surface area contributed by atoms with E-state index >= 15 is 0 Å². The van der Waals surface area contributed by atoms with Crippen LogP contribution in [0, 0.1) is 0 Å². The number of oxime groups is 1. The zero-order chi connectivity index (χ0) is 26.0. The largest absolute Gasteiger partial charge is 0.478 e. The van der Waals surface area contributed by atoms with E-state index in [2.05, 4.69) is 20.2 Å². The maximum atomic E-state index is 13.0. The Kier molecular flexibility index (Phi) is 7.30. The van der Waals surface area contributed by atoms with Gasteiger partial charge in [-0.05, 0) is 18.9 Å². The third-order valence-corrected chi connectivity index (χ3v) is 7.42. The number of rotatable bonds is 9. The highest BCUT2D eigenvalue weighted by Crippen LogP contribution is 2.36. The molecular formula is C20H22N7O7S2+. The molecule has 0 aliphatic carbocycles. The highest BCUT2D eigenvalue weighted by molar-refractivity contribution is 8.10. The minimum absolute atomic E-state index is 0.178. The molecule has 1 aromatic heterocycles. The fraction of sp³-hybridized carbons (Fsp3) is 0.350. The van der Waals surface area contributed by atoms with Crippen LogP contribution in [0.4, 0.5) is 0 Å². The van der Waals surface area contributed by atoms with Crippen molar-refractivity contribution in [1.29, 1.82) is 0 Å². The van der Waals surface area contributed by atoms with Crippen molar-refractivity contribution in [3.05, 3.63) is 41.9 Å². The molecule has 3 aliphatic heterocycles. The molecule has 4 heterocycles. The maximum absolute atomic E-state index is 13.0. The number of nitrogens with zero attached hydrogens (tertiary/aromatic N) is 4. The van der Waals surface area contributed by atoms with Crippen LogP contribution in [-0.4, -0.2) is 79.2 Å². The molecule has 6 N–H and O–H groups in total. The first kappa shape index (κ1) is 25.6. The van der Waals surface area contributed by atoms with E-state index in [1.807, 2.05) is 0 Å². The van der Waals surface area contributed by atoms with Crippen LogP contribution in [0.5, 0.6) is 0 Å². The van der Waals surface area contributed by atoms with Crippen LogP contribution in [0.3, 0.4) is 0 Å². The van der Waals surface area contributed by atoms with Gasteiger partial charge in [0.1, 0.15) is 11.4 Å². The number of carboxylic acids is 2. The molecular weight excluding hydrogens is 514 g/mol. The van der Waals surface area contributed by atoms with Crippen molar-refractivity contribution in [3.8, 4) is 0 Å². The number of pyridine rings is 1. The zero-order valence-electron chi connectivity index (χ0n) is 18.7. The Bertz CT molecular complexity index is 1190. The predicted octanol–water partition coefficient (Wildman–Crippen LogP) is -1.31. The van der Waals surface area contributed by atoms with Crippen molar-refractivity contribution in [2.75, 3.05) is 5.75 Å². The number of carboxylic acid groups (broad SMARTS) is 2. The van der Waals surface area contributed by atoms with E-state index in [-0.39, 0.29) is 16.8 Å². The summed E-state index contributed by atoms with van der Waals surface area (Å²) < 4.78 is 4.49. The van der Waals surface area contributed by atoms with Crippen LogP contribution in [0.25, 0.3) is 0 Å². The summed E-state index contributed by atoms with van der Waals surface area (Å²) in [6.07, 6.45) is 3.68. The van der Waals surface area contributed by atoms with Gasteiger partial charge in [-0.3, -0.25) is 15.3 Å². The van der Waals surface area contributed by atoms with Gasteiger partial charge in [0, 0.05) is 29.7 Å². The van der Waals surface area contributed by atoms with E-state index in [0.717, 1.165) is 17.5 Å². The van der Waals surface area contributed by atoms with Gasteiger partial charge in [0.15, 0.2) is 18.9 Å². The van der Waals surface area contributed by atoms with Gasteiger partial charge in [0.25, 0.3) is 11.8 Å². The summed E-state index contributed by atoms with van der Waals surface area (Å²) in [5.74, 6) is -4.65. The second kappa shape index (κ2) is 10.3. The third-order valence-electron chi connectivity index (χ3n) is 5.40. The van der Waals surface area contributed by atoms with Crippen molar-refractivity contribution < 1.29 is 38.8 Å². The second-order valence-corrected chi connectivity index (χ2v) is 9.75. The number of thioether (sulfide) groups is 1. The molecule has 0 aromatic carbocycles. The van der Waals surface area contributed by atoms with Crippen molar-refractivity contribution in [2.24, 2.45) is 15.9 Å². The first-order valence-electron chi connectivity index (χ1n) is 10.5. The number of aromatic carboxylic acids is 1. The number of carbonyl (C=O) groups is 4. The van der Waals surface area contributed by atoms with Gasteiger partial charge >= 0.3 is 11.9 Å². The van der Waals surface area contributed by atoms with Crippen molar-refractivity contribution >= 4 is 58.7 Å².